The molecule has 0 spiro atoms. The minimum Gasteiger partial charge on any atom is -0.350 e. The van der Waals surface area contributed by atoms with Crippen molar-refractivity contribution in [1.82, 2.24) is 5.32 Å². The molecule has 1 saturated heterocycles. The van der Waals surface area contributed by atoms with Crippen molar-refractivity contribution in [2.45, 2.75) is 51.2 Å². The third-order valence-corrected chi connectivity index (χ3v) is 6.52. The third-order valence-electron chi connectivity index (χ3n) is 6.52. The molecule has 3 N–H and O–H groups in total. The monoisotopic (exact) mass is 650 g/mol. The van der Waals surface area contributed by atoms with E-state index in [1.807, 2.05) is 19.1 Å². The Morgan fingerprint density at radius 3 is 1.50 bits per heavy atom. The van der Waals surface area contributed by atoms with Gasteiger partial charge < -0.3 is 20.5 Å². The third kappa shape index (κ3) is 17.1. The molecule has 5 heteroatoms. The molecular formula is C45H34N2O3. The van der Waals surface area contributed by atoms with Gasteiger partial charge in [-0.15, -0.1) is 26.3 Å². The summed E-state index contributed by atoms with van der Waals surface area (Å²) >= 11 is 0. The number of carbonyl (C=O) groups is 1. The Morgan fingerprint density at radius 2 is 1.12 bits per heavy atom. The molecule has 2 unspecified atom stereocenters. The maximum Gasteiger partial charge on any atom is 0.297 e. The average molecular weight is 651 g/mol. The molecule has 1 aliphatic heterocycles. The SMILES string of the molecule is C=CCC1O[C@H](OC[C@H](NC(=O)C#CC#CC#CC#CC#CC#CC#CC#CC#CC#CC#CC#CC)[C@H](N)CC)[C@@H](C=C)C(C=C)[C@H]1C=C. The smallest absolute Gasteiger partial charge is 0.297 e. The van der Waals surface area contributed by atoms with Gasteiger partial charge in [-0.3, -0.25) is 4.79 Å². The summed E-state index contributed by atoms with van der Waals surface area (Å²) in [6, 6.07) is -0.904. The van der Waals surface area contributed by atoms with Crippen molar-refractivity contribution in [3.63, 3.8) is 0 Å². The second-order valence-electron chi connectivity index (χ2n) is 9.62. The normalized spacial score (nSPS) is 17.9. The standard InChI is InChI=1S/C45H34N2O3/c1-7-13-14-15-16-17-18-19-20-21-22-23-24-25-26-27-28-29-30-31-32-33-34-36-44(48)47-42(41(46)12-6)37-49-45-40(11-5)38(9-3)39(10-4)43(50-45)35-8-2/h8-11,38-43,45H,2-5,12,35,37,46H2,1,6H3,(H,47,48)/t38?,39-,40+,41-,42+,43?,45+/m1/s1. The van der Waals surface area contributed by atoms with Gasteiger partial charge in [0.15, 0.2) is 6.29 Å². The van der Waals surface area contributed by atoms with Crippen molar-refractivity contribution in [2.75, 3.05) is 6.61 Å². The van der Waals surface area contributed by atoms with E-state index >= 15 is 0 Å². The number of carbonyl (C=O) groups excluding carboxylic acids is 1. The number of amides is 1. The molecule has 0 aliphatic carbocycles. The highest BCUT2D eigenvalue weighted by atomic mass is 16.7. The van der Waals surface area contributed by atoms with Crippen molar-refractivity contribution < 1.29 is 14.3 Å². The van der Waals surface area contributed by atoms with Crippen molar-refractivity contribution in [1.29, 1.82) is 0 Å². The van der Waals surface area contributed by atoms with Crippen LogP contribution in [0.1, 0.15) is 26.7 Å². The van der Waals surface area contributed by atoms with Crippen LogP contribution in [0.4, 0.5) is 0 Å². The van der Waals surface area contributed by atoms with Crippen molar-refractivity contribution in [3.05, 3.63) is 50.6 Å². The van der Waals surface area contributed by atoms with Gasteiger partial charge in [0.2, 0.25) is 0 Å². The summed E-state index contributed by atoms with van der Waals surface area (Å²) in [5.74, 6) is 59.6. The number of ether oxygens (including phenoxy) is 2. The molecule has 0 aromatic rings. The second kappa shape index (κ2) is 27.2. The number of hydrogen-bond donors (Lipinski definition) is 2. The molecule has 1 amide bonds. The van der Waals surface area contributed by atoms with Gasteiger partial charge in [-0.25, -0.2) is 0 Å². The number of hydrogen-bond acceptors (Lipinski definition) is 4. The topological polar surface area (TPSA) is 73.6 Å². The summed E-state index contributed by atoms with van der Waals surface area (Å²) < 4.78 is 12.5. The zero-order valence-electron chi connectivity index (χ0n) is 28.1. The van der Waals surface area contributed by atoms with E-state index in [4.69, 9.17) is 15.2 Å². The van der Waals surface area contributed by atoms with Gasteiger partial charge in [0.05, 0.1) is 18.8 Å². The first-order chi connectivity index (χ1) is 24.5. The van der Waals surface area contributed by atoms with Gasteiger partial charge in [0.25, 0.3) is 5.91 Å². The fourth-order valence-corrected chi connectivity index (χ4v) is 4.19. The van der Waals surface area contributed by atoms with Crippen LogP contribution >= 0.6 is 0 Å². The van der Waals surface area contributed by atoms with Crippen LogP contribution in [0.2, 0.25) is 0 Å². The van der Waals surface area contributed by atoms with Crippen LogP contribution in [0.3, 0.4) is 0 Å². The van der Waals surface area contributed by atoms with E-state index in [0.717, 1.165) is 0 Å². The van der Waals surface area contributed by atoms with Crippen molar-refractivity contribution >= 4 is 5.91 Å². The number of nitrogens with two attached hydrogens (primary N) is 1. The Hall–Kier alpha value is -6.97. The number of nitrogens with one attached hydrogen (secondary N) is 1. The van der Waals surface area contributed by atoms with Crippen LogP contribution in [-0.2, 0) is 14.3 Å². The van der Waals surface area contributed by atoms with Gasteiger partial charge in [-0.2, -0.15) is 0 Å². The first-order valence-electron chi connectivity index (χ1n) is 15.2. The van der Waals surface area contributed by atoms with E-state index < -0.39 is 18.2 Å². The Bertz CT molecular complexity index is 2070. The predicted octanol–water partition coefficient (Wildman–Crippen LogP) is 2.99. The van der Waals surface area contributed by atoms with Gasteiger partial charge in [0.1, 0.15) is 0 Å². The summed E-state index contributed by atoms with van der Waals surface area (Å²) in [5.41, 5.74) is 6.29. The molecule has 1 fully saturated rings. The molecule has 0 saturated carbocycles. The Labute approximate surface area is 298 Å². The lowest BCUT2D eigenvalue weighted by Gasteiger charge is -2.44. The molecule has 0 aromatic carbocycles. The van der Waals surface area contributed by atoms with Crippen molar-refractivity contribution in [3.8, 4) is 142 Å². The molecule has 1 aliphatic rings. The molecule has 7 atom stereocenters. The van der Waals surface area contributed by atoms with E-state index in [9.17, 15) is 4.79 Å². The van der Waals surface area contributed by atoms with E-state index in [1.54, 1.807) is 19.1 Å². The lowest BCUT2D eigenvalue weighted by atomic mass is 9.75. The zero-order chi connectivity index (χ0) is 36.7. The Morgan fingerprint density at radius 1 is 0.700 bits per heavy atom. The summed E-state index contributed by atoms with van der Waals surface area (Å²) in [5, 5.41) is 2.81. The maximum absolute atomic E-state index is 12.5. The van der Waals surface area contributed by atoms with Crippen LogP contribution in [0, 0.1) is 160 Å². The van der Waals surface area contributed by atoms with Gasteiger partial charge in [-0.1, -0.05) is 37.1 Å². The van der Waals surface area contributed by atoms with Crippen LogP contribution in [-0.4, -0.2) is 37.0 Å². The highest BCUT2D eigenvalue weighted by molar-refractivity contribution is 5.94. The van der Waals surface area contributed by atoms with Gasteiger partial charge >= 0.3 is 0 Å². The molecule has 1 rings (SSSR count). The first kappa shape index (κ1) is 41.1. The predicted molar refractivity (Wildman–Crippen MR) is 200 cm³/mol. The van der Waals surface area contributed by atoms with Crippen molar-refractivity contribution in [2.24, 2.45) is 23.5 Å². The summed E-state index contributed by atoms with van der Waals surface area (Å²) in [6.07, 6.45) is 7.76. The molecular weight excluding hydrogens is 617 g/mol. The summed E-state index contributed by atoms with van der Waals surface area (Å²) in [6.45, 7) is 19.5. The van der Waals surface area contributed by atoms with E-state index in [1.165, 1.54) is 0 Å². The maximum atomic E-state index is 12.5. The molecule has 5 nitrogen and oxygen atoms in total. The molecule has 0 bridgehead atoms. The first-order valence-corrected chi connectivity index (χ1v) is 15.2. The van der Waals surface area contributed by atoms with Crippen LogP contribution in [0.15, 0.2) is 50.6 Å². The highest BCUT2D eigenvalue weighted by Crippen LogP contribution is 2.39. The van der Waals surface area contributed by atoms with Gasteiger partial charge in [0, 0.05) is 59.3 Å². The fraction of sp³-hybridized carbons (Fsp3) is 0.267. The fourth-order valence-electron chi connectivity index (χ4n) is 4.19. The molecule has 242 valence electrons. The van der Waals surface area contributed by atoms with Crippen LogP contribution in [0.5, 0.6) is 0 Å². The number of rotatable bonds is 11. The summed E-state index contributed by atoms with van der Waals surface area (Å²) in [4.78, 5) is 12.5. The zero-order valence-corrected chi connectivity index (χ0v) is 28.1. The van der Waals surface area contributed by atoms with Crippen LogP contribution < -0.4 is 11.1 Å². The van der Waals surface area contributed by atoms with E-state index in [0.29, 0.717) is 12.8 Å². The van der Waals surface area contributed by atoms with E-state index in [2.05, 4.69) is 174 Å². The Kier molecular flexibility index (Phi) is 22.3. The number of allylic oxidation sites excluding steroid dienone is 1. The van der Waals surface area contributed by atoms with Crippen LogP contribution in [0.25, 0.3) is 0 Å². The second-order valence-corrected chi connectivity index (χ2v) is 9.62. The largest absolute Gasteiger partial charge is 0.350 e. The highest BCUT2D eigenvalue weighted by Gasteiger charge is 2.42. The quantitative estimate of drug-likeness (QED) is 0.267. The molecule has 50 heavy (non-hydrogen) atoms. The minimum absolute atomic E-state index is 0.0108. The van der Waals surface area contributed by atoms with E-state index in [-0.39, 0.29) is 36.5 Å². The van der Waals surface area contributed by atoms with Gasteiger partial charge in [-0.05, 0) is 120 Å². The lowest BCUT2D eigenvalue weighted by molar-refractivity contribution is -0.235. The minimum atomic E-state index is -0.617. The Balaban J connectivity index is 2.70. The summed E-state index contributed by atoms with van der Waals surface area (Å²) in [7, 11) is 0. The molecule has 1 heterocycles. The average Bonchev–Trinajstić information content (AvgIpc) is 3.12. The molecule has 0 radical (unpaired) electrons. The molecule has 0 aromatic heterocycles. The lowest BCUT2D eigenvalue weighted by Crippen LogP contribution is -2.52.